The minimum atomic E-state index is -0.443. The van der Waals surface area contributed by atoms with E-state index in [4.69, 9.17) is 16.3 Å². The second kappa shape index (κ2) is 14.5. The van der Waals surface area contributed by atoms with Gasteiger partial charge in [0, 0.05) is 55.0 Å². The summed E-state index contributed by atoms with van der Waals surface area (Å²) in [6.07, 6.45) is 9.92. The van der Waals surface area contributed by atoms with Gasteiger partial charge in [-0.3, -0.25) is 19.7 Å². The number of carbonyl (C=O) groups excluding carboxylic acids is 2. The average molecular weight is 699 g/mol. The quantitative estimate of drug-likeness (QED) is 0.185. The maximum absolute atomic E-state index is 15.9. The number of pyridine rings is 1. The van der Waals surface area contributed by atoms with Crippen LogP contribution < -0.4 is 25.8 Å². The van der Waals surface area contributed by atoms with Crippen LogP contribution in [-0.2, 0) is 23.1 Å². The number of anilines is 2. The molecule has 0 spiro atoms. The lowest BCUT2D eigenvalue weighted by Crippen LogP contribution is -2.47. The fraction of sp³-hybridized carbons (Fsp3) is 0.425. The molecule has 3 aromatic carbocycles. The average Bonchev–Trinajstić information content (AvgIpc) is 3.12. The van der Waals surface area contributed by atoms with Crippen molar-refractivity contribution in [3.8, 4) is 16.9 Å². The summed E-state index contributed by atoms with van der Waals surface area (Å²) >= 11 is 6.73. The molecule has 8 nitrogen and oxygen atoms in total. The molecule has 7 rings (SSSR count). The number of aryl methyl sites for hydroxylation is 1. The number of benzene rings is 3. The fourth-order valence-electron chi connectivity index (χ4n) is 8.44. The van der Waals surface area contributed by atoms with E-state index in [1.165, 1.54) is 0 Å². The summed E-state index contributed by atoms with van der Waals surface area (Å²) in [6, 6.07) is 16.4. The lowest BCUT2D eigenvalue weighted by Gasteiger charge is -2.40. The molecule has 1 saturated carbocycles. The summed E-state index contributed by atoms with van der Waals surface area (Å²) in [5.41, 5.74) is 3.84. The second-order valence-electron chi connectivity index (χ2n) is 14.3. The van der Waals surface area contributed by atoms with Crippen LogP contribution in [0, 0.1) is 23.6 Å². The first-order valence-electron chi connectivity index (χ1n) is 17.8. The van der Waals surface area contributed by atoms with Gasteiger partial charge in [-0.25, -0.2) is 4.39 Å². The van der Waals surface area contributed by atoms with Crippen molar-refractivity contribution in [3.05, 3.63) is 87.6 Å². The number of aromatic nitrogens is 1. The van der Waals surface area contributed by atoms with E-state index in [9.17, 15) is 14.4 Å². The minimum Gasteiger partial charge on any atom is -0.496 e. The predicted molar refractivity (Wildman–Crippen MR) is 196 cm³/mol. The Morgan fingerprint density at radius 2 is 1.64 bits per heavy atom. The third-order valence-corrected chi connectivity index (χ3v) is 11.5. The smallest absolute Gasteiger partial charge is 0.258 e. The molecular weight excluding hydrogens is 655 g/mol. The maximum Gasteiger partial charge on any atom is 0.258 e. The van der Waals surface area contributed by atoms with Gasteiger partial charge in [0.1, 0.15) is 17.6 Å². The summed E-state index contributed by atoms with van der Waals surface area (Å²) in [4.78, 5) is 38.7. The molecule has 10 heteroatoms. The Balaban J connectivity index is 0.942. The van der Waals surface area contributed by atoms with Gasteiger partial charge in [-0.2, -0.15) is 0 Å². The highest BCUT2D eigenvalue weighted by Gasteiger charge is 2.32. The highest BCUT2D eigenvalue weighted by atomic mass is 35.5. The lowest BCUT2D eigenvalue weighted by molar-refractivity contribution is -0.133. The summed E-state index contributed by atoms with van der Waals surface area (Å²) < 4.78 is 23.2. The van der Waals surface area contributed by atoms with Crippen LogP contribution in [0.5, 0.6) is 5.75 Å². The van der Waals surface area contributed by atoms with Crippen LogP contribution >= 0.6 is 11.6 Å². The van der Waals surface area contributed by atoms with Crippen molar-refractivity contribution < 1.29 is 18.7 Å². The van der Waals surface area contributed by atoms with Crippen molar-refractivity contribution >= 4 is 45.6 Å². The molecule has 0 bridgehead atoms. The molecule has 2 aliphatic heterocycles. The number of methoxy groups -OCH3 is 1. The van der Waals surface area contributed by atoms with Crippen LogP contribution in [-0.4, -0.2) is 42.6 Å². The highest BCUT2D eigenvalue weighted by Crippen LogP contribution is 2.42. The first-order chi connectivity index (χ1) is 24.2. The lowest BCUT2D eigenvalue weighted by atomic mass is 9.71. The number of nitrogens with zero attached hydrogens (tertiary/aromatic N) is 2. The standard InChI is InChI=1S/C40H44ClFN4O4/c1-45-23-32(29-5-3-4-6-30(29)40(45)49)27-20-34(42)31(37(21-27)50-2)19-24-7-9-25(10-8-24)26-15-17-46(18-16-26)36-13-11-28(22-33(36)41)43-35-12-14-38(47)44-39(35)48/h3-6,11,13,20-26,35,43H,7-10,12,14-19H2,1-2H3,(H,44,47,48). The van der Waals surface area contributed by atoms with Crippen molar-refractivity contribution in [2.45, 2.75) is 63.8 Å². The normalized spacial score (nSPS) is 21.7. The molecule has 2 saturated heterocycles. The molecule has 3 heterocycles. The zero-order chi connectivity index (χ0) is 34.9. The zero-order valence-electron chi connectivity index (χ0n) is 28.6. The summed E-state index contributed by atoms with van der Waals surface area (Å²) in [5, 5.41) is 7.66. The number of ether oxygens (including phenoxy) is 1. The van der Waals surface area contributed by atoms with Gasteiger partial charge in [0.05, 0.1) is 17.8 Å². The Morgan fingerprint density at radius 3 is 2.34 bits per heavy atom. The Kier molecular flexibility index (Phi) is 9.87. The van der Waals surface area contributed by atoms with Crippen molar-refractivity contribution in [1.82, 2.24) is 9.88 Å². The molecule has 262 valence electrons. The van der Waals surface area contributed by atoms with E-state index in [1.54, 1.807) is 31.0 Å². The SMILES string of the molecule is COc1cc(-c2cn(C)c(=O)c3ccccc23)cc(F)c1CC1CCC(C2CCN(c3ccc(NC4CCC(=O)NC4=O)cc3Cl)CC2)CC1. The molecular formula is C40H44ClFN4O4. The van der Waals surface area contributed by atoms with Gasteiger partial charge in [-0.1, -0.05) is 29.8 Å². The molecule has 3 aliphatic rings. The number of piperidine rings is 2. The number of carbonyl (C=O) groups is 2. The summed E-state index contributed by atoms with van der Waals surface area (Å²) in [6.45, 7) is 1.90. The summed E-state index contributed by atoms with van der Waals surface area (Å²) in [5.74, 6) is 1.52. The topological polar surface area (TPSA) is 92.7 Å². The van der Waals surface area contributed by atoms with Crippen molar-refractivity contribution in [1.29, 1.82) is 0 Å². The minimum absolute atomic E-state index is 0.0770. The second-order valence-corrected chi connectivity index (χ2v) is 14.7. The third-order valence-electron chi connectivity index (χ3n) is 11.2. The van der Waals surface area contributed by atoms with E-state index < -0.39 is 6.04 Å². The van der Waals surface area contributed by atoms with Crippen LogP contribution in [0.1, 0.15) is 56.9 Å². The van der Waals surface area contributed by atoms with Gasteiger partial charge in [0.2, 0.25) is 11.8 Å². The van der Waals surface area contributed by atoms with Crippen LogP contribution in [0.25, 0.3) is 21.9 Å². The number of fused-ring (bicyclic) bond motifs is 1. The largest absolute Gasteiger partial charge is 0.496 e. The molecule has 1 aliphatic carbocycles. The molecule has 1 atom stereocenters. The number of hydrogen-bond donors (Lipinski definition) is 2. The van der Waals surface area contributed by atoms with Gasteiger partial charge in [0.15, 0.2) is 0 Å². The van der Waals surface area contributed by atoms with Gasteiger partial charge >= 0.3 is 0 Å². The van der Waals surface area contributed by atoms with E-state index >= 15 is 4.39 Å². The maximum atomic E-state index is 15.9. The van der Waals surface area contributed by atoms with E-state index in [0.717, 1.165) is 73.9 Å². The van der Waals surface area contributed by atoms with E-state index in [1.807, 2.05) is 48.5 Å². The molecule has 50 heavy (non-hydrogen) atoms. The Hall–Kier alpha value is -4.37. The molecule has 2 N–H and O–H groups in total. The van der Waals surface area contributed by atoms with Crippen LogP contribution in [0.4, 0.5) is 15.8 Å². The van der Waals surface area contributed by atoms with Gasteiger partial charge < -0.3 is 19.5 Å². The molecule has 1 unspecified atom stereocenters. The monoisotopic (exact) mass is 698 g/mol. The van der Waals surface area contributed by atoms with E-state index in [0.29, 0.717) is 64.3 Å². The molecule has 3 fully saturated rings. The van der Waals surface area contributed by atoms with Gasteiger partial charge in [-0.05, 0) is 116 Å². The molecule has 1 aromatic heterocycles. The first-order valence-corrected chi connectivity index (χ1v) is 18.2. The summed E-state index contributed by atoms with van der Waals surface area (Å²) in [7, 11) is 3.32. The Labute approximate surface area is 296 Å². The van der Waals surface area contributed by atoms with Crippen LogP contribution in [0.3, 0.4) is 0 Å². The number of imide groups is 1. The first kappa shape index (κ1) is 34.1. The third kappa shape index (κ3) is 6.97. The van der Waals surface area contributed by atoms with Crippen LogP contribution in [0.15, 0.2) is 65.6 Å². The number of hydrogen-bond acceptors (Lipinski definition) is 6. The van der Waals surface area contributed by atoms with Crippen molar-refractivity contribution in [2.75, 3.05) is 30.4 Å². The number of rotatable bonds is 8. The number of nitrogens with one attached hydrogen (secondary N) is 2. The van der Waals surface area contributed by atoms with E-state index in [-0.39, 0.29) is 23.2 Å². The van der Waals surface area contributed by atoms with Gasteiger partial charge in [-0.15, -0.1) is 0 Å². The number of amides is 2. The molecule has 4 aromatic rings. The van der Waals surface area contributed by atoms with Gasteiger partial charge in [0.25, 0.3) is 5.56 Å². The Morgan fingerprint density at radius 1 is 0.920 bits per heavy atom. The van der Waals surface area contributed by atoms with Crippen LogP contribution in [0.2, 0.25) is 5.02 Å². The molecule has 0 radical (unpaired) electrons. The number of halogens is 2. The molecule has 2 amide bonds. The van der Waals surface area contributed by atoms with Crippen molar-refractivity contribution in [2.24, 2.45) is 24.8 Å². The fourth-order valence-corrected chi connectivity index (χ4v) is 8.74. The zero-order valence-corrected chi connectivity index (χ0v) is 29.4. The Bertz CT molecular complexity index is 1980. The van der Waals surface area contributed by atoms with E-state index in [2.05, 4.69) is 15.5 Å². The van der Waals surface area contributed by atoms with Crippen molar-refractivity contribution in [3.63, 3.8) is 0 Å². The predicted octanol–water partition coefficient (Wildman–Crippen LogP) is 7.49. The highest BCUT2D eigenvalue weighted by molar-refractivity contribution is 6.33.